The zero-order valence-corrected chi connectivity index (χ0v) is 12.0. The van der Waals surface area contributed by atoms with Crippen LogP contribution in [0, 0.1) is 0 Å². The number of hydrogen-bond acceptors (Lipinski definition) is 6. The second-order valence-corrected chi connectivity index (χ2v) is 5.23. The normalized spacial score (nSPS) is 19.9. The number of nitrogens with zero attached hydrogens (tertiary/aromatic N) is 5. The van der Waals surface area contributed by atoms with Gasteiger partial charge >= 0.3 is 0 Å². The molecule has 21 heavy (non-hydrogen) atoms. The summed E-state index contributed by atoms with van der Waals surface area (Å²) < 4.78 is 1.97. The summed E-state index contributed by atoms with van der Waals surface area (Å²) >= 11 is 0. The third-order valence-electron chi connectivity index (χ3n) is 3.90. The van der Waals surface area contributed by atoms with Crippen LogP contribution in [0.2, 0.25) is 0 Å². The summed E-state index contributed by atoms with van der Waals surface area (Å²) in [6.45, 7) is 5.22. The van der Waals surface area contributed by atoms with E-state index in [0.29, 0.717) is 11.3 Å². The number of piperazine rings is 1. The summed E-state index contributed by atoms with van der Waals surface area (Å²) in [6, 6.07) is -0.0590. The smallest absolute Gasteiger partial charge is 0.237 e. The Morgan fingerprint density at radius 1 is 1.38 bits per heavy atom. The lowest BCUT2D eigenvalue weighted by Crippen LogP contribution is -2.54. The first-order valence-corrected chi connectivity index (χ1v) is 7.10. The number of hydrogen-bond donors (Lipinski definition) is 2. The molecule has 0 bridgehead atoms. The fourth-order valence-electron chi connectivity index (χ4n) is 2.64. The Morgan fingerprint density at radius 3 is 3.10 bits per heavy atom. The molecule has 1 saturated heterocycles. The number of nitrogens with two attached hydrogens (primary N) is 1. The molecule has 1 unspecified atom stereocenters. The van der Waals surface area contributed by atoms with E-state index in [0.717, 1.165) is 38.2 Å². The van der Waals surface area contributed by atoms with Gasteiger partial charge < -0.3 is 15.6 Å². The first-order valence-electron chi connectivity index (χ1n) is 7.10. The van der Waals surface area contributed by atoms with Gasteiger partial charge in [0.15, 0.2) is 11.5 Å². The molecular weight excluding hydrogens is 270 g/mol. The minimum Gasteiger partial charge on any atom is -0.382 e. The second kappa shape index (κ2) is 5.65. The fraction of sp³-hybridized carbons (Fsp3) is 0.538. The SMILES string of the molecule is CC1C(=O)NCCN1CCCn1cnc2c(N)ncnc21. The van der Waals surface area contributed by atoms with Gasteiger partial charge in [-0.15, -0.1) is 0 Å². The van der Waals surface area contributed by atoms with Gasteiger partial charge in [0.1, 0.15) is 11.8 Å². The van der Waals surface area contributed by atoms with Gasteiger partial charge in [-0.05, 0) is 13.3 Å². The lowest BCUT2D eigenvalue weighted by molar-refractivity contribution is -0.128. The average Bonchev–Trinajstić information content (AvgIpc) is 2.88. The van der Waals surface area contributed by atoms with Gasteiger partial charge in [0, 0.05) is 26.2 Å². The number of fused-ring (bicyclic) bond motifs is 1. The van der Waals surface area contributed by atoms with Crippen LogP contribution in [0.3, 0.4) is 0 Å². The van der Waals surface area contributed by atoms with Crippen LogP contribution in [-0.2, 0) is 11.3 Å². The van der Waals surface area contributed by atoms with Gasteiger partial charge in [-0.1, -0.05) is 0 Å². The van der Waals surface area contributed by atoms with Crippen LogP contribution in [0.5, 0.6) is 0 Å². The molecule has 8 nitrogen and oxygen atoms in total. The molecule has 1 atom stereocenters. The highest BCUT2D eigenvalue weighted by molar-refractivity contribution is 5.82. The summed E-state index contributed by atoms with van der Waals surface area (Å²) in [5.41, 5.74) is 7.17. The van der Waals surface area contributed by atoms with Gasteiger partial charge in [-0.3, -0.25) is 9.69 Å². The maximum Gasteiger partial charge on any atom is 0.237 e. The van der Waals surface area contributed by atoms with Crippen LogP contribution in [0.1, 0.15) is 13.3 Å². The molecule has 0 spiro atoms. The number of rotatable bonds is 4. The van der Waals surface area contributed by atoms with Crippen molar-refractivity contribution >= 4 is 22.9 Å². The Hall–Kier alpha value is -2.22. The van der Waals surface area contributed by atoms with Gasteiger partial charge in [-0.2, -0.15) is 0 Å². The average molecular weight is 289 g/mol. The Kier molecular flexibility index (Phi) is 3.70. The Balaban J connectivity index is 1.62. The number of anilines is 1. The molecular formula is C13H19N7O. The maximum atomic E-state index is 11.6. The Labute approximate surface area is 122 Å². The third-order valence-corrected chi connectivity index (χ3v) is 3.90. The largest absolute Gasteiger partial charge is 0.382 e. The highest BCUT2D eigenvalue weighted by Crippen LogP contribution is 2.14. The van der Waals surface area contributed by atoms with E-state index in [9.17, 15) is 4.79 Å². The topological polar surface area (TPSA) is 102 Å². The van der Waals surface area contributed by atoms with E-state index in [1.54, 1.807) is 6.33 Å². The van der Waals surface area contributed by atoms with Crippen molar-refractivity contribution in [3.05, 3.63) is 12.7 Å². The molecule has 0 aromatic carbocycles. The van der Waals surface area contributed by atoms with E-state index in [1.807, 2.05) is 11.5 Å². The number of aromatic nitrogens is 4. The van der Waals surface area contributed by atoms with E-state index in [2.05, 4.69) is 25.2 Å². The standard InChI is InChI=1S/C13H19N7O/c1-9-13(21)15-3-6-19(9)4-2-5-20-8-18-10-11(14)16-7-17-12(10)20/h7-9H,2-6H2,1H3,(H,15,21)(H2,14,16,17). The van der Waals surface area contributed by atoms with Crippen LogP contribution in [0.25, 0.3) is 11.2 Å². The number of carbonyl (C=O) groups excluding carboxylic acids is 1. The maximum absolute atomic E-state index is 11.6. The van der Waals surface area contributed by atoms with Crippen molar-refractivity contribution in [3.63, 3.8) is 0 Å². The van der Waals surface area contributed by atoms with Gasteiger partial charge in [0.25, 0.3) is 0 Å². The van der Waals surface area contributed by atoms with Gasteiger partial charge in [0.2, 0.25) is 5.91 Å². The second-order valence-electron chi connectivity index (χ2n) is 5.23. The first kappa shape index (κ1) is 13.7. The molecule has 1 amide bonds. The molecule has 3 N–H and O–H groups in total. The molecule has 2 aromatic heterocycles. The molecule has 3 rings (SSSR count). The number of aryl methyl sites for hydroxylation is 1. The first-order chi connectivity index (χ1) is 10.2. The van der Waals surface area contributed by atoms with Crippen molar-refractivity contribution in [1.29, 1.82) is 0 Å². The summed E-state index contributed by atoms with van der Waals surface area (Å²) in [7, 11) is 0. The van der Waals surface area contributed by atoms with Crippen molar-refractivity contribution in [3.8, 4) is 0 Å². The van der Waals surface area contributed by atoms with Gasteiger partial charge in [-0.25, -0.2) is 15.0 Å². The van der Waals surface area contributed by atoms with Crippen molar-refractivity contribution in [2.75, 3.05) is 25.4 Å². The Bertz CT molecular complexity index is 653. The monoisotopic (exact) mass is 289 g/mol. The molecule has 2 aromatic rings. The predicted octanol–water partition coefficient (Wildman–Crippen LogP) is -0.381. The number of carbonyl (C=O) groups is 1. The number of nitrogen functional groups attached to an aromatic ring is 1. The zero-order valence-electron chi connectivity index (χ0n) is 12.0. The summed E-state index contributed by atoms with van der Waals surface area (Å²) in [5, 5.41) is 2.87. The van der Waals surface area contributed by atoms with Crippen LogP contribution in [0.15, 0.2) is 12.7 Å². The van der Waals surface area contributed by atoms with Crippen molar-refractivity contribution < 1.29 is 4.79 Å². The highest BCUT2D eigenvalue weighted by atomic mass is 16.2. The molecule has 1 aliphatic rings. The van der Waals surface area contributed by atoms with E-state index in [1.165, 1.54) is 6.33 Å². The molecule has 0 saturated carbocycles. The lowest BCUT2D eigenvalue weighted by atomic mass is 10.2. The summed E-state index contributed by atoms with van der Waals surface area (Å²) in [4.78, 5) is 26.2. The Morgan fingerprint density at radius 2 is 2.24 bits per heavy atom. The molecule has 0 radical (unpaired) electrons. The third kappa shape index (κ3) is 2.66. The summed E-state index contributed by atoms with van der Waals surface area (Å²) in [6.07, 6.45) is 4.11. The predicted molar refractivity (Wildman–Crippen MR) is 78.4 cm³/mol. The van der Waals surface area contributed by atoms with E-state index in [-0.39, 0.29) is 11.9 Å². The van der Waals surface area contributed by atoms with Crippen molar-refractivity contribution in [1.82, 2.24) is 29.7 Å². The molecule has 3 heterocycles. The van der Waals surface area contributed by atoms with Crippen LogP contribution >= 0.6 is 0 Å². The fourth-order valence-corrected chi connectivity index (χ4v) is 2.64. The minimum atomic E-state index is -0.0590. The quantitative estimate of drug-likeness (QED) is 0.795. The molecule has 112 valence electrons. The van der Waals surface area contributed by atoms with Crippen LogP contribution < -0.4 is 11.1 Å². The van der Waals surface area contributed by atoms with Crippen molar-refractivity contribution in [2.24, 2.45) is 0 Å². The van der Waals surface area contributed by atoms with Crippen LogP contribution in [0.4, 0.5) is 5.82 Å². The van der Waals surface area contributed by atoms with Crippen LogP contribution in [-0.4, -0.2) is 56.0 Å². The lowest BCUT2D eigenvalue weighted by Gasteiger charge is -2.32. The number of nitrogens with one attached hydrogen (secondary N) is 1. The van der Waals surface area contributed by atoms with E-state index >= 15 is 0 Å². The number of imidazole rings is 1. The molecule has 1 aliphatic heterocycles. The van der Waals surface area contributed by atoms with Crippen molar-refractivity contribution in [2.45, 2.75) is 25.9 Å². The molecule has 1 fully saturated rings. The minimum absolute atomic E-state index is 0.0590. The van der Waals surface area contributed by atoms with Gasteiger partial charge in [0.05, 0.1) is 12.4 Å². The molecule has 0 aliphatic carbocycles. The highest BCUT2D eigenvalue weighted by Gasteiger charge is 2.24. The molecule has 8 heteroatoms. The summed E-state index contributed by atoms with van der Waals surface area (Å²) in [5.74, 6) is 0.509. The van der Waals surface area contributed by atoms with E-state index in [4.69, 9.17) is 5.73 Å². The number of amides is 1. The van der Waals surface area contributed by atoms with E-state index < -0.39 is 0 Å². The zero-order chi connectivity index (χ0) is 14.8.